The van der Waals surface area contributed by atoms with Gasteiger partial charge in [-0.15, -0.1) is 0 Å². The van der Waals surface area contributed by atoms with Crippen LogP contribution >= 0.6 is 0 Å². The first kappa shape index (κ1) is 19.1. The van der Waals surface area contributed by atoms with E-state index in [1.807, 2.05) is 0 Å². The quantitative estimate of drug-likeness (QED) is 0.495. The van der Waals surface area contributed by atoms with Gasteiger partial charge in [0, 0.05) is 23.7 Å². The van der Waals surface area contributed by atoms with E-state index in [1.54, 1.807) is 6.08 Å². The molecule has 0 radical (unpaired) electrons. The molecule has 1 spiro atoms. The van der Waals surface area contributed by atoms with Crippen LogP contribution in [0.1, 0.15) is 65.2 Å². The molecule has 2 saturated carbocycles. The monoisotopic (exact) mass is 398 g/mol. The highest BCUT2D eigenvalue weighted by Crippen LogP contribution is 2.69. The lowest BCUT2D eigenvalue weighted by atomic mass is 9.48. The summed E-state index contributed by atoms with van der Waals surface area (Å²) in [7, 11) is 1.46. The average Bonchev–Trinajstić information content (AvgIpc) is 3.22. The fourth-order valence-electron chi connectivity index (χ4n) is 7.53. The third-order valence-electron chi connectivity index (χ3n) is 9.23. The molecule has 5 heteroatoms. The molecule has 0 aromatic rings. The third kappa shape index (κ3) is 2.36. The van der Waals surface area contributed by atoms with Gasteiger partial charge in [-0.05, 0) is 56.4 Å². The summed E-state index contributed by atoms with van der Waals surface area (Å²) in [5, 5.41) is 0. The second-order valence-corrected chi connectivity index (χ2v) is 10.2. The van der Waals surface area contributed by atoms with Crippen molar-refractivity contribution in [2.75, 3.05) is 7.11 Å². The summed E-state index contributed by atoms with van der Waals surface area (Å²) in [6, 6.07) is 0. The molecule has 0 bridgehead atoms. The van der Waals surface area contributed by atoms with Crippen LogP contribution in [0.25, 0.3) is 0 Å². The van der Waals surface area contributed by atoms with E-state index in [1.165, 1.54) is 12.7 Å². The number of hydrogen-bond donors (Lipinski definition) is 0. The Labute approximate surface area is 171 Å². The predicted octanol–water partition coefficient (Wildman–Crippen LogP) is 3.91. The summed E-state index contributed by atoms with van der Waals surface area (Å²) in [6.07, 6.45) is 10.1. The number of hydrogen-bond acceptors (Lipinski definition) is 5. The molecular formula is C24H30O5. The van der Waals surface area contributed by atoms with Crippen molar-refractivity contribution < 1.29 is 23.9 Å². The molecule has 156 valence electrons. The minimum Gasteiger partial charge on any atom is -0.469 e. The Morgan fingerprint density at radius 1 is 1.17 bits per heavy atom. The summed E-state index contributed by atoms with van der Waals surface area (Å²) >= 11 is 0. The lowest BCUT2D eigenvalue weighted by Gasteiger charge is -2.56. The Balaban J connectivity index is 1.63. The minimum atomic E-state index is -0.392. The van der Waals surface area contributed by atoms with Gasteiger partial charge in [-0.3, -0.25) is 14.4 Å². The van der Waals surface area contributed by atoms with Gasteiger partial charge >= 0.3 is 11.9 Å². The van der Waals surface area contributed by atoms with Gasteiger partial charge < -0.3 is 9.47 Å². The molecule has 29 heavy (non-hydrogen) atoms. The van der Waals surface area contributed by atoms with Gasteiger partial charge in [0.25, 0.3) is 0 Å². The number of carbonyl (C=O) groups is 3. The molecule has 5 aliphatic rings. The van der Waals surface area contributed by atoms with Crippen LogP contribution < -0.4 is 0 Å². The first-order valence-corrected chi connectivity index (χ1v) is 11.0. The SMILES string of the molecule is COC(=O)[C@H]1CC2=CC(=O)CC[C@]2(C)C2=CC[C@@]3(C)[C@@H](CC[C@@]34CCC(=O)O4)[C@@H]21. The van der Waals surface area contributed by atoms with E-state index >= 15 is 0 Å². The molecule has 0 unspecified atom stereocenters. The number of methoxy groups -OCH3 is 1. The highest BCUT2D eigenvalue weighted by atomic mass is 16.6. The fraction of sp³-hybridized carbons (Fsp3) is 0.708. The molecule has 5 nitrogen and oxygen atoms in total. The number of esters is 2. The summed E-state index contributed by atoms with van der Waals surface area (Å²) in [4.78, 5) is 37.1. The third-order valence-corrected chi connectivity index (χ3v) is 9.23. The lowest BCUT2D eigenvalue weighted by molar-refractivity contribution is -0.163. The Morgan fingerprint density at radius 3 is 2.66 bits per heavy atom. The normalized spacial score (nSPS) is 45.7. The number of fused-ring (bicyclic) bond motifs is 6. The highest BCUT2D eigenvalue weighted by Gasteiger charge is 2.67. The average molecular weight is 398 g/mol. The van der Waals surface area contributed by atoms with Crippen LogP contribution in [0.15, 0.2) is 23.3 Å². The smallest absolute Gasteiger partial charge is 0.309 e. The maximum atomic E-state index is 12.9. The molecule has 3 fully saturated rings. The molecule has 0 aromatic carbocycles. The van der Waals surface area contributed by atoms with Gasteiger partial charge in [-0.2, -0.15) is 0 Å². The first-order valence-electron chi connectivity index (χ1n) is 11.0. The maximum Gasteiger partial charge on any atom is 0.309 e. The van der Waals surface area contributed by atoms with Crippen molar-refractivity contribution in [3.63, 3.8) is 0 Å². The van der Waals surface area contributed by atoms with Gasteiger partial charge in [0.1, 0.15) is 5.60 Å². The number of ketones is 1. The molecule has 0 N–H and O–H groups in total. The Hall–Kier alpha value is -1.91. The summed E-state index contributed by atoms with van der Waals surface area (Å²) in [5.74, 6) is 0.00356. The van der Waals surface area contributed by atoms with Gasteiger partial charge in [0.15, 0.2) is 5.78 Å². The van der Waals surface area contributed by atoms with Crippen LogP contribution in [-0.2, 0) is 23.9 Å². The van der Waals surface area contributed by atoms with Crippen molar-refractivity contribution in [3.05, 3.63) is 23.3 Å². The molecule has 1 saturated heterocycles. The number of carbonyl (C=O) groups excluding carboxylic acids is 3. The lowest BCUT2D eigenvalue weighted by Crippen LogP contribution is -2.53. The van der Waals surface area contributed by atoms with E-state index in [4.69, 9.17) is 9.47 Å². The predicted molar refractivity (Wildman–Crippen MR) is 106 cm³/mol. The van der Waals surface area contributed by atoms with Crippen molar-refractivity contribution in [1.29, 1.82) is 0 Å². The minimum absolute atomic E-state index is 0.0854. The van der Waals surface area contributed by atoms with Crippen LogP contribution in [0.5, 0.6) is 0 Å². The Kier molecular flexibility index (Phi) is 3.98. The van der Waals surface area contributed by atoms with E-state index in [0.29, 0.717) is 19.3 Å². The topological polar surface area (TPSA) is 69.7 Å². The number of rotatable bonds is 1. The van der Waals surface area contributed by atoms with E-state index in [9.17, 15) is 14.4 Å². The van der Waals surface area contributed by atoms with Crippen molar-refractivity contribution in [2.45, 2.75) is 70.8 Å². The zero-order chi connectivity index (χ0) is 20.6. The second kappa shape index (κ2) is 6.05. The molecule has 4 aliphatic carbocycles. The van der Waals surface area contributed by atoms with E-state index in [2.05, 4.69) is 19.9 Å². The van der Waals surface area contributed by atoms with Crippen molar-refractivity contribution in [2.24, 2.45) is 28.6 Å². The van der Waals surface area contributed by atoms with Crippen LogP contribution in [-0.4, -0.2) is 30.4 Å². The van der Waals surface area contributed by atoms with Gasteiger partial charge in [0.2, 0.25) is 0 Å². The van der Waals surface area contributed by atoms with E-state index in [-0.39, 0.29) is 46.3 Å². The molecule has 0 aromatic heterocycles. The van der Waals surface area contributed by atoms with Crippen LogP contribution in [0, 0.1) is 28.6 Å². The van der Waals surface area contributed by atoms with E-state index in [0.717, 1.165) is 37.7 Å². The Bertz CT molecular complexity index is 868. The zero-order valence-corrected chi connectivity index (χ0v) is 17.6. The fourth-order valence-corrected chi connectivity index (χ4v) is 7.53. The standard InChI is InChI=1S/C24H30O5/c1-22-8-4-15(25)12-14(22)13-16(21(27)28-3)20-17(22)5-9-23(2)18(20)6-10-24(23)11-7-19(26)29-24/h5,12,16,18,20H,4,6-11,13H2,1-3H3/t16-,18-,20+,22-,23-,24+/m0/s1. The zero-order valence-electron chi connectivity index (χ0n) is 17.6. The molecular weight excluding hydrogens is 368 g/mol. The molecule has 6 atom stereocenters. The highest BCUT2D eigenvalue weighted by molar-refractivity contribution is 5.92. The maximum absolute atomic E-state index is 12.9. The van der Waals surface area contributed by atoms with E-state index < -0.39 is 5.60 Å². The van der Waals surface area contributed by atoms with Gasteiger partial charge in [-0.1, -0.05) is 31.1 Å². The summed E-state index contributed by atoms with van der Waals surface area (Å²) in [6.45, 7) is 4.52. The van der Waals surface area contributed by atoms with Crippen LogP contribution in [0.4, 0.5) is 0 Å². The largest absolute Gasteiger partial charge is 0.469 e. The van der Waals surface area contributed by atoms with Gasteiger partial charge in [0.05, 0.1) is 13.0 Å². The molecule has 1 aliphatic heterocycles. The first-order chi connectivity index (χ1) is 13.7. The summed E-state index contributed by atoms with van der Waals surface area (Å²) in [5.41, 5.74) is 1.72. The van der Waals surface area contributed by atoms with Crippen molar-refractivity contribution in [3.8, 4) is 0 Å². The molecule has 0 amide bonds. The van der Waals surface area contributed by atoms with Crippen molar-refractivity contribution >= 4 is 17.7 Å². The number of allylic oxidation sites excluding steroid dienone is 4. The summed E-state index contributed by atoms with van der Waals surface area (Å²) < 4.78 is 11.2. The van der Waals surface area contributed by atoms with Crippen LogP contribution in [0.2, 0.25) is 0 Å². The van der Waals surface area contributed by atoms with Crippen molar-refractivity contribution in [1.82, 2.24) is 0 Å². The number of ether oxygens (including phenoxy) is 2. The second-order valence-electron chi connectivity index (χ2n) is 10.2. The molecule has 1 heterocycles. The van der Waals surface area contributed by atoms with Crippen LogP contribution in [0.3, 0.4) is 0 Å². The van der Waals surface area contributed by atoms with Gasteiger partial charge in [-0.25, -0.2) is 0 Å². The molecule has 5 rings (SSSR count). The Morgan fingerprint density at radius 2 is 1.97 bits per heavy atom.